The number of ether oxygens (including phenoxy) is 3. The fourth-order valence-corrected chi connectivity index (χ4v) is 5.21. The summed E-state index contributed by atoms with van der Waals surface area (Å²) in [5, 5.41) is 0. The van der Waals surface area contributed by atoms with Crippen LogP contribution >= 0.6 is 0 Å². The van der Waals surface area contributed by atoms with Gasteiger partial charge in [-0.15, -0.1) is 0 Å². The van der Waals surface area contributed by atoms with E-state index in [0.29, 0.717) is 12.5 Å². The van der Waals surface area contributed by atoms with E-state index in [1.165, 1.54) is 36.9 Å². The molecule has 1 saturated heterocycles. The Kier molecular flexibility index (Phi) is 7.49. The van der Waals surface area contributed by atoms with Crippen LogP contribution in [0.25, 0.3) is 0 Å². The van der Waals surface area contributed by atoms with Crippen molar-refractivity contribution in [1.82, 2.24) is 4.90 Å². The van der Waals surface area contributed by atoms with Crippen molar-refractivity contribution < 1.29 is 14.2 Å². The molecule has 4 rings (SSSR count). The third-order valence-electron chi connectivity index (χ3n) is 6.93. The number of benzene rings is 2. The first-order chi connectivity index (χ1) is 15.2. The van der Waals surface area contributed by atoms with Crippen molar-refractivity contribution in [2.45, 2.75) is 44.3 Å². The number of fused-ring (bicyclic) bond motifs is 1. The summed E-state index contributed by atoms with van der Waals surface area (Å²) in [4.78, 5) is 2.61. The average Bonchev–Trinajstić information content (AvgIpc) is 2.83. The number of aryl methyl sites for hydroxylation is 1. The van der Waals surface area contributed by atoms with Crippen LogP contribution in [0.5, 0.6) is 11.5 Å². The number of methoxy groups -OCH3 is 2. The molecule has 0 aromatic heterocycles. The molecule has 2 aliphatic rings. The van der Waals surface area contributed by atoms with Crippen LogP contribution in [-0.2, 0) is 17.6 Å². The van der Waals surface area contributed by atoms with Crippen LogP contribution in [0.3, 0.4) is 0 Å². The molecule has 168 valence electrons. The lowest BCUT2D eigenvalue weighted by atomic mass is 9.83. The summed E-state index contributed by atoms with van der Waals surface area (Å²) in [6, 6.07) is 14.8. The fraction of sp³-hybridized carbons (Fsp3) is 0.538. The fourth-order valence-electron chi connectivity index (χ4n) is 5.21. The molecule has 2 aromatic carbocycles. The van der Waals surface area contributed by atoms with E-state index in [1.54, 1.807) is 14.2 Å². The average molecular weight is 425 g/mol. The van der Waals surface area contributed by atoms with Crippen molar-refractivity contribution >= 4 is 0 Å². The quantitative estimate of drug-likeness (QED) is 0.694. The van der Waals surface area contributed by atoms with Crippen molar-refractivity contribution in [1.29, 1.82) is 0 Å². The highest BCUT2D eigenvalue weighted by Gasteiger charge is 2.36. The molecule has 0 radical (unpaired) electrons. The van der Waals surface area contributed by atoms with Crippen LogP contribution in [0, 0.1) is 5.92 Å². The topological polar surface area (TPSA) is 57.0 Å². The minimum Gasteiger partial charge on any atom is -0.493 e. The molecule has 0 unspecified atom stereocenters. The van der Waals surface area contributed by atoms with Gasteiger partial charge in [0.05, 0.1) is 26.4 Å². The molecule has 5 nitrogen and oxygen atoms in total. The van der Waals surface area contributed by atoms with Crippen LogP contribution in [0.1, 0.15) is 42.1 Å². The highest BCUT2D eigenvalue weighted by atomic mass is 16.5. The number of nitrogens with zero attached hydrogens (tertiary/aromatic N) is 1. The molecule has 0 aliphatic carbocycles. The summed E-state index contributed by atoms with van der Waals surface area (Å²) in [7, 11) is 3.41. The lowest BCUT2D eigenvalue weighted by Gasteiger charge is -2.40. The zero-order chi connectivity index (χ0) is 21.6. The SMILES string of the molecule is COc1ccc2c(c1OC)C[C@@H](C1CCN(CCCc3ccccc3)CC1)O[C@H]2CN. The van der Waals surface area contributed by atoms with Crippen LogP contribution in [0.4, 0.5) is 0 Å². The van der Waals surface area contributed by atoms with Gasteiger partial charge in [0.1, 0.15) is 0 Å². The van der Waals surface area contributed by atoms with E-state index < -0.39 is 0 Å². The molecule has 31 heavy (non-hydrogen) atoms. The maximum absolute atomic E-state index is 6.51. The van der Waals surface area contributed by atoms with Crippen LogP contribution < -0.4 is 15.2 Å². The van der Waals surface area contributed by atoms with Gasteiger partial charge in [0.25, 0.3) is 0 Å². The smallest absolute Gasteiger partial charge is 0.164 e. The summed E-state index contributed by atoms with van der Waals surface area (Å²) in [6.07, 6.45) is 5.71. The number of nitrogens with two attached hydrogens (primary N) is 1. The minimum atomic E-state index is -0.0718. The number of rotatable bonds is 8. The van der Waals surface area contributed by atoms with Gasteiger partial charge in [-0.05, 0) is 68.4 Å². The summed E-state index contributed by atoms with van der Waals surface area (Å²) in [6.45, 7) is 3.95. The molecular weight excluding hydrogens is 388 g/mol. The molecule has 1 fully saturated rings. The Labute approximate surface area is 186 Å². The Morgan fingerprint density at radius 3 is 2.48 bits per heavy atom. The third-order valence-corrected chi connectivity index (χ3v) is 6.93. The molecule has 2 N–H and O–H groups in total. The van der Waals surface area contributed by atoms with E-state index in [1.807, 2.05) is 6.07 Å². The predicted octanol–water partition coefficient (Wildman–Crippen LogP) is 3.99. The highest BCUT2D eigenvalue weighted by Crippen LogP contribution is 2.43. The Morgan fingerprint density at radius 1 is 1.03 bits per heavy atom. The second kappa shape index (κ2) is 10.5. The summed E-state index contributed by atoms with van der Waals surface area (Å²) in [5.41, 5.74) is 9.88. The van der Waals surface area contributed by atoms with Gasteiger partial charge in [-0.1, -0.05) is 36.4 Å². The van der Waals surface area contributed by atoms with Crippen molar-refractivity contribution in [3.63, 3.8) is 0 Å². The van der Waals surface area contributed by atoms with E-state index in [4.69, 9.17) is 19.9 Å². The number of hydrogen-bond donors (Lipinski definition) is 1. The summed E-state index contributed by atoms with van der Waals surface area (Å²) < 4.78 is 17.8. The first-order valence-corrected chi connectivity index (χ1v) is 11.6. The summed E-state index contributed by atoms with van der Waals surface area (Å²) >= 11 is 0. The van der Waals surface area contributed by atoms with E-state index in [9.17, 15) is 0 Å². The van der Waals surface area contributed by atoms with Gasteiger partial charge in [0.2, 0.25) is 0 Å². The third kappa shape index (κ3) is 5.05. The van der Waals surface area contributed by atoms with Gasteiger partial charge in [-0.25, -0.2) is 0 Å². The van der Waals surface area contributed by atoms with Gasteiger partial charge >= 0.3 is 0 Å². The monoisotopic (exact) mass is 424 g/mol. The van der Waals surface area contributed by atoms with E-state index in [2.05, 4.69) is 41.3 Å². The van der Waals surface area contributed by atoms with Gasteiger partial charge < -0.3 is 24.8 Å². The van der Waals surface area contributed by atoms with E-state index in [0.717, 1.165) is 43.0 Å². The Hall–Kier alpha value is -2.08. The van der Waals surface area contributed by atoms with E-state index >= 15 is 0 Å². The summed E-state index contributed by atoms with van der Waals surface area (Å²) in [5.74, 6) is 2.18. The largest absolute Gasteiger partial charge is 0.493 e. The van der Waals surface area contributed by atoms with Crippen LogP contribution in [-0.4, -0.2) is 51.4 Å². The maximum Gasteiger partial charge on any atom is 0.164 e. The predicted molar refractivity (Wildman–Crippen MR) is 124 cm³/mol. The second-order valence-corrected chi connectivity index (χ2v) is 8.74. The second-order valence-electron chi connectivity index (χ2n) is 8.74. The Balaban J connectivity index is 1.35. The van der Waals surface area contributed by atoms with Gasteiger partial charge in [-0.2, -0.15) is 0 Å². The van der Waals surface area contributed by atoms with Crippen molar-refractivity contribution in [3.8, 4) is 11.5 Å². The normalized spacial score (nSPS) is 22.2. The zero-order valence-corrected chi connectivity index (χ0v) is 18.9. The van der Waals surface area contributed by atoms with Gasteiger partial charge in [0.15, 0.2) is 11.5 Å². The zero-order valence-electron chi connectivity index (χ0n) is 18.9. The molecular formula is C26H36N2O3. The lowest BCUT2D eigenvalue weighted by molar-refractivity contribution is -0.0647. The molecule has 2 heterocycles. The first kappa shape index (κ1) is 22.1. The lowest BCUT2D eigenvalue weighted by Crippen LogP contribution is -2.42. The van der Waals surface area contributed by atoms with E-state index in [-0.39, 0.29) is 12.2 Å². The Bertz CT molecular complexity index is 834. The molecule has 0 saturated carbocycles. The van der Waals surface area contributed by atoms with Crippen molar-refractivity contribution in [2.75, 3.05) is 40.4 Å². The molecule has 2 aliphatic heterocycles. The van der Waals surface area contributed by atoms with Crippen molar-refractivity contribution in [2.24, 2.45) is 11.7 Å². The minimum absolute atomic E-state index is 0.0718. The molecule has 2 aromatic rings. The van der Waals surface area contributed by atoms with Gasteiger partial charge in [0, 0.05) is 18.5 Å². The van der Waals surface area contributed by atoms with Crippen LogP contribution in [0.2, 0.25) is 0 Å². The number of likely N-dealkylation sites (tertiary alicyclic amines) is 1. The molecule has 0 bridgehead atoms. The standard InChI is InChI=1S/C26H36N2O3/c1-29-23-11-10-21-22(26(23)30-2)17-24(31-25(21)18-27)20-12-15-28(16-13-20)14-6-9-19-7-4-3-5-8-19/h3-5,7-8,10-11,20,24-25H,6,9,12-18,27H2,1-2H3/t24-,25-/m0/s1. The Morgan fingerprint density at radius 2 is 1.81 bits per heavy atom. The molecule has 0 amide bonds. The van der Waals surface area contributed by atoms with Crippen LogP contribution in [0.15, 0.2) is 42.5 Å². The number of hydrogen-bond acceptors (Lipinski definition) is 5. The highest BCUT2D eigenvalue weighted by molar-refractivity contribution is 5.52. The van der Waals surface area contributed by atoms with Gasteiger partial charge in [-0.3, -0.25) is 0 Å². The van der Waals surface area contributed by atoms with Crippen molar-refractivity contribution in [3.05, 3.63) is 59.2 Å². The maximum atomic E-state index is 6.51. The molecule has 0 spiro atoms. The molecule has 2 atom stereocenters. The molecule has 5 heteroatoms. The number of piperidine rings is 1. The first-order valence-electron chi connectivity index (χ1n) is 11.6.